The third-order valence-corrected chi connectivity index (χ3v) is 4.99. The number of nitrogens with zero attached hydrogens (tertiary/aromatic N) is 3. The number of hydrogen-bond acceptors (Lipinski definition) is 6. The van der Waals surface area contributed by atoms with E-state index >= 15 is 0 Å². The molecule has 19 heavy (non-hydrogen) atoms. The molecular formula is C13H24N4OS. The summed E-state index contributed by atoms with van der Waals surface area (Å²) < 4.78 is 5.45. The summed E-state index contributed by atoms with van der Waals surface area (Å²) in [5, 5.41) is 7.45. The lowest BCUT2D eigenvalue weighted by Crippen LogP contribution is -2.31. The molecule has 1 saturated heterocycles. The van der Waals surface area contributed by atoms with Crippen molar-refractivity contribution in [3.63, 3.8) is 0 Å². The van der Waals surface area contributed by atoms with Crippen molar-refractivity contribution in [3.8, 4) is 0 Å². The number of nitrogens with one attached hydrogen (secondary N) is 1. The van der Waals surface area contributed by atoms with Crippen LogP contribution in [0.2, 0.25) is 0 Å². The van der Waals surface area contributed by atoms with Gasteiger partial charge in [0, 0.05) is 30.5 Å². The Labute approximate surface area is 119 Å². The van der Waals surface area contributed by atoms with Gasteiger partial charge in [-0.1, -0.05) is 19.0 Å². The molecule has 108 valence electrons. The minimum absolute atomic E-state index is 0.365. The van der Waals surface area contributed by atoms with Gasteiger partial charge < -0.3 is 14.7 Å². The number of thioether (sulfide) groups is 1. The molecule has 1 N–H and O–H groups in total. The Balaban J connectivity index is 1.91. The first-order valence-electron chi connectivity index (χ1n) is 7.08. The lowest BCUT2D eigenvalue weighted by molar-refractivity contribution is 0.301. The van der Waals surface area contributed by atoms with E-state index in [1.165, 1.54) is 0 Å². The molecule has 5 nitrogen and oxygen atoms in total. The van der Waals surface area contributed by atoms with Crippen molar-refractivity contribution in [2.75, 3.05) is 38.2 Å². The maximum atomic E-state index is 5.45. The standard InChI is InChI=1S/C13H24N4OS/c1-4-17(5-2)7-6-12-15-13(18-16-12)10-8-19-9-11(10)14-3/h10-11,14H,4-9H2,1-3H3. The van der Waals surface area contributed by atoms with Crippen LogP contribution in [0.5, 0.6) is 0 Å². The topological polar surface area (TPSA) is 54.2 Å². The molecule has 0 amide bonds. The lowest BCUT2D eigenvalue weighted by Gasteiger charge is -2.16. The molecule has 0 bridgehead atoms. The van der Waals surface area contributed by atoms with Gasteiger partial charge in [0.2, 0.25) is 5.89 Å². The summed E-state index contributed by atoms with van der Waals surface area (Å²) in [6, 6.07) is 0.459. The number of aromatic nitrogens is 2. The smallest absolute Gasteiger partial charge is 0.232 e. The number of likely N-dealkylation sites (N-methyl/N-ethyl adjacent to an activating group) is 2. The second-order valence-corrected chi connectivity index (χ2v) is 5.94. The second-order valence-electron chi connectivity index (χ2n) is 4.86. The molecule has 6 heteroatoms. The number of hydrogen-bond donors (Lipinski definition) is 1. The minimum Gasteiger partial charge on any atom is -0.339 e. The van der Waals surface area contributed by atoms with E-state index in [2.05, 4.69) is 34.2 Å². The zero-order valence-corrected chi connectivity index (χ0v) is 12.9. The van der Waals surface area contributed by atoms with Crippen LogP contribution in [-0.4, -0.2) is 59.3 Å². The van der Waals surface area contributed by atoms with Crippen LogP contribution in [0.4, 0.5) is 0 Å². The quantitative estimate of drug-likeness (QED) is 0.816. The fourth-order valence-electron chi connectivity index (χ4n) is 2.40. The predicted octanol–water partition coefficient (Wildman–Crippen LogP) is 1.37. The normalized spacial score (nSPS) is 23.4. The van der Waals surface area contributed by atoms with Crippen molar-refractivity contribution in [1.29, 1.82) is 0 Å². The first-order valence-corrected chi connectivity index (χ1v) is 8.23. The van der Waals surface area contributed by atoms with E-state index in [-0.39, 0.29) is 0 Å². The molecule has 2 heterocycles. The fourth-order valence-corrected chi connectivity index (χ4v) is 3.82. The van der Waals surface area contributed by atoms with E-state index < -0.39 is 0 Å². The van der Waals surface area contributed by atoms with Crippen LogP contribution in [0, 0.1) is 0 Å². The highest BCUT2D eigenvalue weighted by Crippen LogP contribution is 2.31. The molecule has 0 saturated carbocycles. The zero-order chi connectivity index (χ0) is 13.7. The third kappa shape index (κ3) is 3.70. The minimum atomic E-state index is 0.365. The Bertz CT molecular complexity index is 380. The summed E-state index contributed by atoms with van der Waals surface area (Å²) in [5.74, 6) is 4.21. The molecule has 2 rings (SSSR count). The van der Waals surface area contributed by atoms with Crippen LogP contribution in [-0.2, 0) is 6.42 Å². The van der Waals surface area contributed by atoms with E-state index in [9.17, 15) is 0 Å². The SMILES string of the molecule is CCN(CC)CCc1noc(C2CSCC2NC)n1. The average Bonchev–Trinajstić information content (AvgIpc) is 3.07. The monoisotopic (exact) mass is 284 g/mol. The van der Waals surface area contributed by atoms with E-state index in [0.29, 0.717) is 12.0 Å². The molecule has 2 unspecified atom stereocenters. The summed E-state index contributed by atoms with van der Waals surface area (Å²) >= 11 is 1.95. The van der Waals surface area contributed by atoms with Crippen molar-refractivity contribution < 1.29 is 4.52 Å². The second kappa shape index (κ2) is 7.26. The Morgan fingerprint density at radius 2 is 2.16 bits per heavy atom. The van der Waals surface area contributed by atoms with Crippen LogP contribution in [0.3, 0.4) is 0 Å². The first kappa shape index (κ1) is 14.8. The maximum absolute atomic E-state index is 5.45. The van der Waals surface area contributed by atoms with Gasteiger partial charge in [-0.2, -0.15) is 16.7 Å². The van der Waals surface area contributed by atoms with Gasteiger partial charge in [0.05, 0.1) is 5.92 Å². The molecular weight excluding hydrogens is 260 g/mol. The largest absolute Gasteiger partial charge is 0.339 e. The summed E-state index contributed by atoms with van der Waals surface area (Å²) in [5.41, 5.74) is 0. The highest BCUT2D eigenvalue weighted by atomic mass is 32.2. The molecule has 1 fully saturated rings. The molecule has 1 aromatic heterocycles. The van der Waals surface area contributed by atoms with E-state index in [1.807, 2.05) is 18.8 Å². The first-order chi connectivity index (χ1) is 9.28. The van der Waals surface area contributed by atoms with Crippen molar-refractivity contribution in [2.45, 2.75) is 32.2 Å². The molecule has 0 spiro atoms. The van der Waals surface area contributed by atoms with Crippen LogP contribution in [0.25, 0.3) is 0 Å². The van der Waals surface area contributed by atoms with Crippen molar-refractivity contribution in [1.82, 2.24) is 20.4 Å². The van der Waals surface area contributed by atoms with Gasteiger partial charge in [0.1, 0.15) is 0 Å². The molecule has 0 aliphatic carbocycles. The van der Waals surface area contributed by atoms with Gasteiger partial charge in [-0.15, -0.1) is 0 Å². The third-order valence-electron chi connectivity index (χ3n) is 3.80. The Kier molecular flexibility index (Phi) is 5.66. The van der Waals surface area contributed by atoms with E-state index in [0.717, 1.165) is 49.3 Å². The van der Waals surface area contributed by atoms with Crippen molar-refractivity contribution >= 4 is 11.8 Å². The number of rotatable bonds is 7. The summed E-state index contributed by atoms with van der Waals surface area (Å²) in [7, 11) is 2.00. The van der Waals surface area contributed by atoms with Gasteiger partial charge in [-0.05, 0) is 20.1 Å². The van der Waals surface area contributed by atoms with Crippen LogP contribution in [0.15, 0.2) is 4.52 Å². The Morgan fingerprint density at radius 1 is 1.37 bits per heavy atom. The summed E-state index contributed by atoms with van der Waals surface area (Å²) in [6.07, 6.45) is 0.870. The molecule has 1 aliphatic rings. The molecule has 1 aromatic rings. The van der Waals surface area contributed by atoms with Crippen LogP contribution < -0.4 is 5.32 Å². The lowest BCUT2D eigenvalue weighted by atomic mass is 10.0. The average molecular weight is 284 g/mol. The van der Waals surface area contributed by atoms with Gasteiger partial charge >= 0.3 is 0 Å². The highest BCUT2D eigenvalue weighted by molar-refractivity contribution is 7.99. The van der Waals surface area contributed by atoms with E-state index in [4.69, 9.17) is 4.52 Å². The van der Waals surface area contributed by atoms with Gasteiger partial charge in [0.25, 0.3) is 0 Å². The Morgan fingerprint density at radius 3 is 2.84 bits per heavy atom. The van der Waals surface area contributed by atoms with Crippen LogP contribution >= 0.6 is 11.8 Å². The summed E-state index contributed by atoms with van der Waals surface area (Å²) in [6.45, 7) is 7.50. The van der Waals surface area contributed by atoms with Gasteiger partial charge in [-0.3, -0.25) is 0 Å². The fraction of sp³-hybridized carbons (Fsp3) is 0.846. The summed E-state index contributed by atoms with van der Waals surface area (Å²) in [4.78, 5) is 6.95. The van der Waals surface area contributed by atoms with Crippen molar-refractivity contribution in [3.05, 3.63) is 11.7 Å². The van der Waals surface area contributed by atoms with Gasteiger partial charge in [-0.25, -0.2) is 0 Å². The molecule has 2 atom stereocenters. The molecule has 1 aliphatic heterocycles. The van der Waals surface area contributed by atoms with Crippen molar-refractivity contribution in [2.24, 2.45) is 0 Å². The zero-order valence-electron chi connectivity index (χ0n) is 12.1. The van der Waals surface area contributed by atoms with Gasteiger partial charge in [0.15, 0.2) is 5.82 Å². The Hall–Kier alpha value is -0.590. The predicted molar refractivity (Wildman–Crippen MR) is 78.7 cm³/mol. The maximum Gasteiger partial charge on any atom is 0.232 e. The molecule has 0 radical (unpaired) electrons. The molecule has 0 aromatic carbocycles. The van der Waals surface area contributed by atoms with E-state index in [1.54, 1.807) is 0 Å². The highest BCUT2D eigenvalue weighted by Gasteiger charge is 2.32. The van der Waals surface area contributed by atoms with Crippen LogP contribution in [0.1, 0.15) is 31.5 Å².